The van der Waals surface area contributed by atoms with Crippen molar-refractivity contribution in [2.45, 2.75) is 0 Å². The largest absolute Gasteiger partial charge is 0.457 e. The number of carbonyl (C=O) groups is 1. The first-order chi connectivity index (χ1) is 7.70. The summed E-state index contributed by atoms with van der Waals surface area (Å²) in [5.74, 6) is 0.281. The zero-order chi connectivity index (χ0) is 12.0. The van der Waals surface area contributed by atoms with E-state index in [2.05, 4.69) is 15.9 Å². The van der Waals surface area contributed by atoms with Gasteiger partial charge in [0.05, 0.1) is 18.4 Å². The Kier molecular flexibility index (Phi) is 5.87. The molecule has 0 aliphatic rings. The van der Waals surface area contributed by atoms with Crippen LogP contribution in [-0.4, -0.2) is 43.5 Å². The number of ether oxygens (including phenoxy) is 1. The van der Waals surface area contributed by atoms with Gasteiger partial charge < -0.3 is 14.1 Å². The van der Waals surface area contributed by atoms with Crippen molar-refractivity contribution < 1.29 is 13.9 Å². The van der Waals surface area contributed by atoms with Crippen molar-refractivity contribution in [2.24, 2.45) is 0 Å². The second-order valence-corrected chi connectivity index (χ2v) is 4.18. The van der Waals surface area contributed by atoms with Gasteiger partial charge >= 0.3 is 0 Å². The summed E-state index contributed by atoms with van der Waals surface area (Å²) in [7, 11) is 1.59. The molecule has 0 saturated heterocycles. The molecule has 16 heavy (non-hydrogen) atoms. The Morgan fingerprint density at radius 2 is 2.38 bits per heavy atom. The molecule has 1 heterocycles. The minimum atomic E-state index is -0.113. The number of furan rings is 1. The topological polar surface area (TPSA) is 42.7 Å². The quantitative estimate of drug-likeness (QED) is 0.758. The summed E-state index contributed by atoms with van der Waals surface area (Å²) in [6.45, 7) is 1.49. The Morgan fingerprint density at radius 1 is 1.62 bits per heavy atom. The molecule has 0 spiro atoms. The fourth-order valence-corrected chi connectivity index (χ4v) is 1.85. The number of rotatable bonds is 6. The molecule has 1 aromatic rings. The second-order valence-electron chi connectivity index (χ2n) is 3.08. The molecule has 0 aliphatic heterocycles. The van der Waals surface area contributed by atoms with Crippen LogP contribution in [0.5, 0.6) is 0 Å². The van der Waals surface area contributed by atoms with Crippen LogP contribution in [0.1, 0.15) is 10.4 Å². The van der Waals surface area contributed by atoms with Gasteiger partial charge in [-0.3, -0.25) is 4.79 Å². The summed E-state index contributed by atoms with van der Waals surface area (Å²) in [4.78, 5) is 13.7. The maximum atomic E-state index is 12.0. The molecule has 1 rings (SSSR count). The van der Waals surface area contributed by atoms with Crippen LogP contribution >= 0.6 is 27.5 Å². The van der Waals surface area contributed by atoms with Crippen molar-refractivity contribution in [3.8, 4) is 0 Å². The first-order valence-corrected chi connectivity index (χ1v) is 6.10. The van der Waals surface area contributed by atoms with E-state index in [4.69, 9.17) is 20.8 Å². The van der Waals surface area contributed by atoms with Crippen LogP contribution in [0.2, 0.25) is 0 Å². The minimum absolute atomic E-state index is 0.113. The first-order valence-electron chi connectivity index (χ1n) is 4.78. The summed E-state index contributed by atoms with van der Waals surface area (Å²) >= 11 is 8.83. The lowest BCUT2D eigenvalue weighted by molar-refractivity contribution is 0.0706. The summed E-state index contributed by atoms with van der Waals surface area (Å²) in [5.41, 5.74) is 0.501. The highest BCUT2D eigenvalue weighted by Crippen LogP contribution is 2.19. The number of alkyl halides is 1. The van der Waals surface area contributed by atoms with Crippen LogP contribution in [0.3, 0.4) is 0 Å². The van der Waals surface area contributed by atoms with Gasteiger partial charge in [-0.15, -0.1) is 11.6 Å². The van der Waals surface area contributed by atoms with E-state index in [-0.39, 0.29) is 5.91 Å². The highest BCUT2D eigenvalue weighted by molar-refractivity contribution is 9.10. The van der Waals surface area contributed by atoms with Crippen LogP contribution in [0, 0.1) is 0 Å². The zero-order valence-corrected chi connectivity index (χ0v) is 11.3. The normalized spacial score (nSPS) is 10.4. The number of amides is 1. The van der Waals surface area contributed by atoms with Crippen molar-refractivity contribution in [1.29, 1.82) is 0 Å². The van der Waals surface area contributed by atoms with Crippen molar-refractivity contribution in [3.63, 3.8) is 0 Å². The fraction of sp³-hybridized carbons (Fsp3) is 0.500. The Bertz CT molecular complexity index is 343. The van der Waals surface area contributed by atoms with Gasteiger partial charge in [-0.1, -0.05) is 0 Å². The van der Waals surface area contributed by atoms with E-state index in [9.17, 15) is 4.79 Å². The SMILES string of the molecule is COCCN(CCCl)C(=O)c1ccoc1Br. The zero-order valence-electron chi connectivity index (χ0n) is 8.91. The molecule has 90 valence electrons. The van der Waals surface area contributed by atoms with Crippen LogP contribution < -0.4 is 0 Å². The van der Waals surface area contributed by atoms with Crippen molar-refractivity contribution >= 4 is 33.4 Å². The van der Waals surface area contributed by atoms with Gasteiger partial charge in [0.2, 0.25) is 0 Å². The summed E-state index contributed by atoms with van der Waals surface area (Å²) < 4.78 is 10.4. The van der Waals surface area contributed by atoms with E-state index in [1.54, 1.807) is 18.1 Å². The van der Waals surface area contributed by atoms with Crippen molar-refractivity contribution in [2.75, 3.05) is 32.7 Å². The molecule has 4 nitrogen and oxygen atoms in total. The second kappa shape index (κ2) is 6.93. The number of halogens is 2. The molecule has 0 bridgehead atoms. The predicted molar refractivity (Wildman–Crippen MR) is 64.9 cm³/mol. The Labute approximate surface area is 108 Å². The lowest BCUT2D eigenvalue weighted by atomic mass is 10.3. The van der Waals surface area contributed by atoms with Crippen LogP contribution in [0.25, 0.3) is 0 Å². The van der Waals surface area contributed by atoms with Gasteiger partial charge in [0.15, 0.2) is 4.67 Å². The third kappa shape index (κ3) is 3.50. The molecule has 0 aliphatic carbocycles. The molecule has 0 fully saturated rings. The molecule has 0 aromatic carbocycles. The van der Waals surface area contributed by atoms with Crippen molar-refractivity contribution in [1.82, 2.24) is 4.90 Å². The molecule has 6 heteroatoms. The highest BCUT2D eigenvalue weighted by Gasteiger charge is 2.19. The number of nitrogens with zero attached hydrogens (tertiary/aromatic N) is 1. The highest BCUT2D eigenvalue weighted by atomic mass is 79.9. The smallest absolute Gasteiger partial charge is 0.258 e. The van der Waals surface area contributed by atoms with E-state index in [1.807, 2.05) is 0 Å². The van der Waals surface area contributed by atoms with Gasteiger partial charge in [0.1, 0.15) is 0 Å². The Hall–Kier alpha value is -0.520. The molecule has 0 atom stereocenters. The van der Waals surface area contributed by atoms with E-state index in [0.717, 1.165) is 0 Å². The molecule has 0 radical (unpaired) electrons. The predicted octanol–water partition coefficient (Wildman–Crippen LogP) is 2.37. The van der Waals surface area contributed by atoms with Crippen LogP contribution in [-0.2, 0) is 4.74 Å². The van der Waals surface area contributed by atoms with Crippen LogP contribution in [0.15, 0.2) is 21.4 Å². The number of methoxy groups -OCH3 is 1. The van der Waals surface area contributed by atoms with E-state index in [0.29, 0.717) is 35.8 Å². The fourth-order valence-electron chi connectivity index (χ4n) is 1.23. The standard InChI is InChI=1S/C10H13BrClNO3/c1-15-7-5-13(4-3-12)10(14)8-2-6-16-9(8)11/h2,6H,3-5,7H2,1H3. The van der Waals surface area contributed by atoms with E-state index in [1.165, 1.54) is 6.26 Å². The van der Waals surface area contributed by atoms with Gasteiger partial charge in [-0.25, -0.2) is 0 Å². The number of hydrogen-bond donors (Lipinski definition) is 0. The average Bonchev–Trinajstić information content (AvgIpc) is 2.69. The van der Waals surface area contributed by atoms with Gasteiger partial charge in [0.25, 0.3) is 5.91 Å². The maximum Gasteiger partial charge on any atom is 0.258 e. The van der Waals surface area contributed by atoms with Gasteiger partial charge in [0, 0.05) is 26.1 Å². The third-order valence-corrected chi connectivity index (χ3v) is 2.84. The molecule has 1 amide bonds. The average molecular weight is 311 g/mol. The maximum absolute atomic E-state index is 12.0. The Balaban J connectivity index is 2.70. The van der Waals surface area contributed by atoms with E-state index < -0.39 is 0 Å². The molecular weight excluding hydrogens is 297 g/mol. The van der Waals surface area contributed by atoms with Crippen LogP contribution in [0.4, 0.5) is 0 Å². The molecule has 0 saturated carbocycles. The first kappa shape index (κ1) is 13.5. The Morgan fingerprint density at radius 3 is 2.88 bits per heavy atom. The van der Waals surface area contributed by atoms with Gasteiger partial charge in [-0.05, 0) is 22.0 Å². The summed E-state index contributed by atoms with van der Waals surface area (Å²) in [5, 5.41) is 0. The lowest BCUT2D eigenvalue weighted by Crippen LogP contribution is -2.35. The monoisotopic (exact) mass is 309 g/mol. The third-order valence-electron chi connectivity index (χ3n) is 2.06. The summed E-state index contributed by atoms with van der Waals surface area (Å²) in [6.07, 6.45) is 1.46. The van der Waals surface area contributed by atoms with E-state index >= 15 is 0 Å². The summed E-state index contributed by atoms with van der Waals surface area (Å²) in [6, 6.07) is 1.63. The lowest BCUT2D eigenvalue weighted by Gasteiger charge is -2.20. The molecule has 1 aromatic heterocycles. The number of hydrogen-bond acceptors (Lipinski definition) is 3. The van der Waals surface area contributed by atoms with Gasteiger partial charge in [-0.2, -0.15) is 0 Å². The number of carbonyl (C=O) groups excluding carboxylic acids is 1. The minimum Gasteiger partial charge on any atom is -0.457 e. The molecule has 0 unspecified atom stereocenters. The molecule has 0 N–H and O–H groups in total. The molecular formula is C10H13BrClNO3. The van der Waals surface area contributed by atoms with Crippen molar-refractivity contribution in [3.05, 3.63) is 22.6 Å².